The van der Waals surface area contributed by atoms with E-state index in [2.05, 4.69) is 9.97 Å². The monoisotopic (exact) mass is 352 g/mol. The summed E-state index contributed by atoms with van der Waals surface area (Å²) in [6, 6.07) is 10.3. The average molecular weight is 353 g/mol. The summed E-state index contributed by atoms with van der Waals surface area (Å²) in [4.78, 5) is 8.36. The Bertz CT molecular complexity index is 910. The number of hydrogen-bond acceptors (Lipinski definition) is 3. The molecular formula is C17H12ClF3N2O. The molecule has 0 saturated heterocycles. The van der Waals surface area contributed by atoms with Crippen LogP contribution in [-0.4, -0.2) is 15.1 Å². The van der Waals surface area contributed by atoms with Gasteiger partial charge in [0.2, 0.25) is 0 Å². The summed E-state index contributed by atoms with van der Waals surface area (Å²) >= 11 is 6.14. The second-order valence-electron chi connectivity index (χ2n) is 5.28. The molecule has 0 aliphatic carbocycles. The summed E-state index contributed by atoms with van der Waals surface area (Å²) in [5.74, 6) is 0. The van der Waals surface area contributed by atoms with Gasteiger partial charge in [-0.05, 0) is 25.1 Å². The molecule has 3 rings (SSSR count). The Morgan fingerprint density at radius 3 is 2.38 bits per heavy atom. The fraction of sp³-hybridized carbons (Fsp3) is 0.176. The Labute approximate surface area is 140 Å². The van der Waals surface area contributed by atoms with Crippen molar-refractivity contribution in [3.8, 4) is 11.3 Å². The van der Waals surface area contributed by atoms with Crippen LogP contribution in [0.5, 0.6) is 0 Å². The number of nitrogens with zero attached hydrogens (tertiary/aromatic N) is 2. The van der Waals surface area contributed by atoms with Crippen LogP contribution in [0, 0.1) is 0 Å². The Morgan fingerprint density at radius 2 is 1.75 bits per heavy atom. The first-order chi connectivity index (χ1) is 11.3. The van der Waals surface area contributed by atoms with Crippen LogP contribution in [-0.2, 0) is 6.18 Å². The quantitative estimate of drug-likeness (QED) is 0.704. The van der Waals surface area contributed by atoms with Crippen LogP contribution < -0.4 is 0 Å². The van der Waals surface area contributed by atoms with Crippen LogP contribution in [0.1, 0.15) is 24.3 Å². The third-order valence-electron chi connectivity index (χ3n) is 3.55. The van der Waals surface area contributed by atoms with E-state index >= 15 is 0 Å². The van der Waals surface area contributed by atoms with E-state index in [0.29, 0.717) is 10.6 Å². The zero-order valence-electron chi connectivity index (χ0n) is 12.5. The molecule has 2 aromatic carbocycles. The third kappa shape index (κ3) is 2.95. The molecule has 3 aromatic rings. The van der Waals surface area contributed by atoms with E-state index < -0.39 is 17.8 Å². The Hall–Kier alpha value is -2.18. The molecule has 1 unspecified atom stereocenters. The SMILES string of the molecule is CC(O)c1nc2cccc(C(F)(F)F)c2nc1-c1ccccc1Cl. The van der Waals surface area contributed by atoms with Crippen molar-refractivity contribution in [3.05, 3.63) is 58.7 Å². The zero-order chi connectivity index (χ0) is 17.5. The van der Waals surface area contributed by atoms with Gasteiger partial charge < -0.3 is 5.11 Å². The highest BCUT2D eigenvalue weighted by molar-refractivity contribution is 6.33. The molecule has 0 aliphatic heterocycles. The number of para-hydroxylation sites is 1. The van der Waals surface area contributed by atoms with Crippen molar-refractivity contribution < 1.29 is 18.3 Å². The molecule has 0 radical (unpaired) electrons. The van der Waals surface area contributed by atoms with E-state index in [9.17, 15) is 18.3 Å². The molecule has 0 bridgehead atoms. The molecule has 24 heavy (non-hydrogen) atoms. The molecule has 0 amide bonds. The van der Waals surface area contributed by atoms with Crippen LogP contribution in [0.25, 0.3) is 22.3 Å². The van der Waals surface area contributed by atoms with Gasteiger partial charge in [-0.2, -0.15) is 13.2 Å². The lowest BCUT2D eigenvalue weighted by Gasteiger charge is -2.15. The maximum absolute atomic E-state index is 13.2. The molecule has 1 atom stereocenters. The van der Waals surface area contributed by atoms with E-state index in [1.165, 1.54) is 19.1 Å². The van der Waals surface area contributed by atoms with E-state index in [0.717, 1.165) is 6.07 Å². The van der Waals surface area contributed by atoms with Crippen molar-refractivity contribution in [2.45, 2.75) is 19.2 Å². The molecule has 1 N–H and O–H groups in total. The smallest absolute Gasteiger partial charge is 0.387 e. The number of aliphatic hydroxyl groups is 1. The van der Waals surface area contributed by atoms with Crippen molar-refractivity contribution in [2.24, 2.45) is 0 Å². The average Bonchev–Trinajstić information content (AvgIpc) is 2.52. The standard InChI is InChI=1S/C17H12ClF3N2O/c1-9(24)14-15(10-5-2-3-7-12(10)18)23-16-11(17(19,20)21)6-4-8-13(16)22-14/h2-9,24H,1H3. The highest BCUT2D eigenvalue weighted by Gasteiger charge is 2.34. The van der Waals surface area contributed by atoms with Crippen LogP contribution in [0.4, 0.5) is 13.2 Å². The minimum absolute atomic E-state index is 0.0662. The maximum Gasteiger partial charge on any atom is 0.418 e. The van der Waals surface area contributed by atoms with Gasteiger partial charge in [0.15, 0.2) is 0 Å². The Morgan fingerprint density at radius 1 is 1.04 bits per heavy atom. The molecule has 7 heteroatoms. The van der Waals surface area contributed by atoms with Crippen LogP contribution in [0.3, 0.4) is 0 Å². The second kappa shape index (κ2) is 6.03. The summed E-state index contributed by atoms with van der Waals surface area (Å²) < 4.78 is 39.7. The molecule has 1 heterocycles. The molecule has 0 saturated carbocycles. The first-order valence-electron chi connectivity index (χ1n) is 7.10. The van der Waals surface area contributed by atoms with E-state index in [1.54, 1.807) is 24.3 Å². The molecule has 124 valence electrons. The van der Waals surface area contributed by atoms with Gasteiger partial charge in [0.25, 0.3) is 0 Å². The number of rotatable bonds is 2. The van der Waals surface area contributed by atoms with E-state index in [-0.39, 0.29) is 22.4 Å². The van der Waals surface area contributed by atoms with Gasteiger partial charge in [0, 0.05) is 5.56 Å². The first kappa shape index (κ1) is 16.7. The third-order valence-corrected chi connectivity index (χ3v) is 3.88. The van der Waals surface area contributed by atoms with Gasteiger partial charge in [0.1, 0.15) is 5.52 Å². The van der Waals surface area contributed by atoms with Crippen LogP contribution >= 0.6 is 11.6 Å². The van der Waals surface area contributed by atoms with Crippen molar-refractivity contribution in [2.75, 3.05) is 0 Å². The number of benzene rings is 2. The number of halogens is 4. The van der Waals surface area contributed by atoms with Gasteiger partial charge >= 0.3 is 6.18 Å². The summed E-state index contributed by atoms with van der Waals surface area (Å²) in [7, 11) is 0. The number of fused-ring (bicyclic) bond motifs is 1. The molecule has 0 fully saturated rings. The van der Waals surface area contributed by atoms with Gasteiger partial charge in [-0.15, -0.1) is 0 Å². The highest BCUT2D eigenvalue weighted by atomic mass is 35.5. The van der Waals surface area contributed by atoms with Crippen molar-refractivity contribution in [1.82, 2.24) is 9.97 Å². The normalized spacial score (nSPS) is 13.2. The summed E-state index contributed by atoms with van der Waals surface area (Å²) in [5, 5.41) is 10.3. The van der Waals surface area contributed by atoms with E-state index in [4.69, 9.17) is 11.6 Å². The van der Waals surface area contributed by atoms with Crippen molar-refractivity contribution in [1.29, 1.82) is 0 Å². The fourth-order valence-electron chi connectivity index (χ4n) is 2.46. The van der Waals surface area contributed by atoms with Gasteiger partial charge in [-0.3, -0.25) is 0 Å². The molecule has 3 nitrogen and oxygen atoms in total. The summed E-state index contributed by atoms with van der Waals surface area (Å²) in [6.07, 6.45) is -5.57. The second-order valence-corrected chi connectivity index (χ2v) is 5.69. The highest BCUT2D eigenvalue weighted by Crippen LogP contribution is 2.37. The number of aromatic nitrogens is 2. The fourth-order valence-corrected chi connectivity index (χ4v) is 2.69. The molecule has 1 aromatic heterocycles. The largest absolute Gasteiger partial charge is 0.418 e. The van der Waals surface area contributed by atoms with Crippen molar-refractivity contribution in [3.63, 3.8) is 0 Å². The van der Waals surface area contributed by atoms with Crippen LogP contribution in [0.2, 0.25) is 5.02 Å². The predicted octanol–water partition coefficient (Wildman–Crippen LogP) is 5.02. The summed E-state index contributed by atoms with van der Waals surface area (Å²) in [6.45, 7) is 1.48. The Balaban J connectivity index is 2.39. The summed E-state index contributed by atoms with van der Waals surface area (Å²) in [5.41, 5.74) is -0.352. The predicted molar refractivity (Wildman–Crippen MR) is 85.6 cm³/mol. The number of aliphatic hydroxyl groups excluding tert-OH is 1. The minimum atomic E-state index is -4.56. The van der Waals surface area contributed by atoms with Gasteiger partial charge in [-0.25, -0.2) is 9.97 Å². The lowest BCUT2D eigenvalue weighted by Crippen LogP contribution is -2.09. The lowest BCUT2D eigenvalue weighted by atomic mass is 10.1. The molecule has 0 aliphatic rings. The molecule has 0 spiro atoms. The zero-order valence-corrected chi connectivity index (χ0v) is 13.2. The van der Waals surface area contributed by atoms with E-state index in [1.807, 2.05) is 0 Å². The Kier molecular flexibility index (Phi) is 4.19. The minimum Gasteiger partial charge on any atom is -0.387 e. The molecular weight excluding hydrogens is 341 g/mol. The van der Waals surface area contributed by atoms with Crippen molar-refractivity contribution >= 4 is 22.6 Å². The van der Waals surface area contributed by atoms with Gasteiger partial charge in [-0.1, -0.05) is 35.9 Å². The number of alkyl halides is 3. The lowest BCUT2D eigenvalue weighted by molar-refractivity contribution is -0.136. The van der Waals surface area contributed by atoms with Crippen LogP contribution in [0.15, 0.2) is 42.5 Å². The topological polar surface area (TPSA) is 46.0 Å². The van der Waals surface area contributed by atoms with Gasteiger partial charge in [0.05, 0.1) is 33.6 Å². The maximum atomic E-state index is 13.2. The number of hydrogen-bond donors (Lipinski definition) is 1. The first-order valence-corrected chi connectivity index (χ1v) is 7.47.